The summed E-state index contributed by atoms with van der Waals surface area (Å²) in [6, 6.07) is 59.9. The summed E-state index contributed by atoms with van der Waals surface area (Å²) in [5.41, 5.74) is 8.82. The third-order valence-corrected chi connectivity index (χ3v) is 8.94. The Kier molecular flexibility index (Phi) is 7.41. The molecule has 9 aromatic rings. The minimum absolute atomic E-state index is 0.598. The Morgan fingerprint density at radius 2 is 0.660 bits per heavy atom. The second kappa shape index (κ2) is 12.6. The Morgan fingerprint density at radius 3 is 1.24 bits per heavy atom. The molecule has 0 saturated heterocycles. The van der Waals surface area contributed by atoms with Crippen LogP contribution in [0.3, 0.4) is 0 Å². The number of benzene rings is 7. The number of hydrogen-bond acceptors (Lipinski definition) is 5. The highest BCUT2D eigenvalue weighted by molar-refractivity contribution is 6.10. The van der Waals surface area contributed by atoms with Gasteiger partial charge in [0, 0.05) is 38.6 Å². The topological polar surface area (TPSA) is 64.5 Å². The fourth-order valence-electron chi connectivity index (χ4n) is 6.38. The van der Waals surface area contributed by atoms with Crippen molar-refractivity contribution in [3.63, 3.8) is 0 Å². The maximum atomic E-state index is 5.19. The van der Waals surface area contributed by atoms with Crippen molar-refractivity contribution in [2.24, 2.45) is 0 Å². The third-order valence-electron chi connectivity index (χ3n) is 8.94. The molecule has 2 aromatic heterocycles. The van der Waals surface area contributed by atoms with Crippen molar-refractivity contribution >= 4 is 21.7 Å². The van der Waals surface area contributed by atoms with Crippen LogP contribution in [0, 0.1) is 0 Å². The Balaban J connectivity index is 1.23. The van der Waals surface area contributed by atoms with Gasteiger partial charge in [0.15, 0.2) is 23.3 Å². The van der Waals surface area contributed by atoms with Gasteiger partial charge in [-0.2, -0.15) is 0 Å². The summed E-state index contributed by atoms with van der Waals surface area (Å²) < 4.78 is 0. The van der Waals surface area contributed by atoms with Gasteiger partial charge in [-0.25, -0.2) is 24.9 Å². The van der Waals surface area contributed by atoms with Crippen LogP contribution in [0.1, 0.15) is 0 Å². The van der Waals surface area contributed by atoms with Crippen LogP contribution in [0.4, 0.5) is 0 Å². The first-order chi connectivity index (χ1) is 24.8. The van der Waals surface area contributed by atoms with E-state index in [4.69, 9.17) is 24.9 Å². The molecule has 0 aliphatic heterocycles. The van der Waals surface area contributed by atoms with E-state index in [2.05, 4.69) is 103 Å². The van der Waals surface area contributed by atoms with Gasteiger partial charge in [-0.3, -0.25) is 0 Å². The lowest BCUT2D eigenvalue weighted by atomic mass is 9.99. The lowest BCUT2D eigenvalue weighted by molar-refractivity contribution is 1.07. The summed E-state index contributed by atoms with van der Waals surface area (Å²) >= 11 is 0. The molecule has 0 amide bonds. The van der Waals surface area contributed by atoms with E-state index in [9.17, 15) is 0 Å². The summed E-state index contributed by atoms with van der Waals surface area (Å²) in [7, 11) is 0. The van der Waals surface area contributed by atoms with Crippen LogP contribution in [0.2, 0.25) is 0 Å². The molecule has 0 bridgehead atoms. The van der Waals surface area contributed by atoms with E-state index in [0.717, 1.165) is 60.8 Å². The zero-order valence-corrected chi connectivity index (χ0v) is 27.0. The fourth-order valence-corrected chi connectivity index (χ4v) is 6.38. The minimum atomic E-state index is 0.598. The molecule has 234 valence electrons. The first-order valence-corrected chi connectivity index (χ1v) is 16.6. The van der Waals surface area contributed by atoms with Crippen LogP contribution in [-0.2, 0) is 0 Å². The predicted molar refractivity (Wildman–Crippen MR) is 203 cm³/mol. The molecule has 7 aromatic carbocycles. The molecule has 0 fully saturated rings. The maximum absolute atomic E-state index is 5.19. The molecule has 9 rings (SSSR count). The molecule has 0 aliphatic carbocycles. The third kappa shape index (κ3) is 5.57. The first kappa shape index (κ1) is 29.3. The Labute approximate surface area is 289 Å². The van der Waals surface area contributed by atoms with Crippen LogP contribution >= 0.6 is 0 Å². The summed E-state index contributed by atoms with van der Waals surface area (Å²) in [5.74, 6) is 2.52. The van der Waals surface area contributed by atoms with Crippen molar-refractivity contribution in [3.8, 4) is 67.9 Å². The molecular formula is C45H29N5. The average Bonchev–Trinajstić information content (AvgIpc) is 3.21. The normalized spacial score (nSPS) is 11.2. The monoisotopic (exact) mass is 639 g/mol. The van der Waals surface area contributed by atoms with Crippen molar-refractivity contribution in [2.45, 2.75) is 0 Å². The number of nitrogens with zero attached hydrogens (tertiary/aromatic N) is 5. The van der Waals surface area contributed by atoms with Crippen LogP contribution < -0.4 is 0 Å². The van der Waals surface area contributed by atoms with Crippen molar-refractivity contribution in [2.75, 3.05) is 0 Å². The zero-order chi connectivity index (χ0) is 33.3. The number of aromatic nitrogens is 5. The largest absolute Gasteiger partial charge is 0.227 e. The molecule has 0 radical (unpaired) electrons. The summed E-state index contributed by atoms with van der Waals surface area (Å²) in [5, 5.41) is 3.07. The van der Waals surface area contributed by atoms with Gasteiger partial charge in [-0.15, -0.1) is 0 Å². The lowest BCUT2D eigenvalue weighted by Gasteiger charge is -2.13. The van der Waals surface area contributed by atoms with Crippen molar-refractivity contribution in [3.05, 3.63) is 176 Å². The predicted octanol–water partition coefficient (Wildman–Crippen LogP) is 11.0. The summed E-state index contributed by atoms with van der Waals surface area (Å²) in [4.78, 5) is 25.3. The second-order valence-electron chi connectivity index (χ2n) is 12.1. The van der Waals surface area contributed by atoms with E-state index >= 15 is 0 Å². The van der Waals surface area contributed by atoms with Crippen LogP contribution in [-0.4, -0.2) is 24.9 Å². The van der Waals surface area contributed by atoms with Crippen molar-refractivity contribution in [1.29, 1.82) is 0 Å². The molecule has 0 N–H and O–H groups in total. The highest BCUT2D eigenvalue weighted by atomic mass is 15.0. The van der Waals surface area contributed by atoms with Crippen LogP contribution in [0.5, 0.6) is 0 Å². The fraction of sp³-hybridized carbons (Fsp3) is 0. The number of fused-ring (bicyclic) bond motifs is 3. The Morgan fingerprint density at radius 1 is 0.260 bits per heavy atom. The molecule has 0 unspecified atom stereocenters. The average molecular weight is 640 g/mol. The van der Waals surface area contributed by atoms with E-state index in [1.165, 1.54) is 5.56 Å². The molecular weight excluding hydrogens is 611 g/mol. The second-order valence-corrected chi connectivity index (χ2v) is 12.1. The van der Waals surface area contributed by atoms with Gasteiger partial charge in [0.2, 0.25) is 0 Å². The van der Waals surface area contributed by atoms with Gasteiger partial charge in [-0.05, 0) is 28.6 Å². The molecule has 0 atom stereocenters. The first-order valence-electron chi connectivity index (χ1n) is 16.6. The highest BCUT2D eigenvalue weighted by Crippen LogP contribution is 2.35. The molecule has 5 nitrogen and oxygen atoms in total. The smallest absolute Gasteiger partial charge is 0.164 e. The molecule has 0 aliphatic rings. The number of rotatable bonds is 6. The SMILES string of the molecule is c1ccc(-c2ccc(-c3nc(-c4ccccc4)nc(-c4ccc5ccc6c(-c7ccccc7)nc(-c7ccccc7)nc6c5c4)n3)cc2)cc1. The zero-order valence-electron chi connectivity index (χ0n) is 27.0. The minimum Gasteiger partial charge on any atom is -0.227 e. The molecule has 0 saturated carbocycles. The lowest BCUT2D eigenvalue weighted by Crippen LogP contribution is -2.00. The van der Waals surface area contributed by atoms with Crippen molar-refractivity contribution < 1.29 is 0 Å². The molecule has 5 heteroatoms. The maximum Gasteiger partial charge on any atom is 0.164 e. The van der Waals surface area contributed by atoms with E-state index in [0.29, 0.717) is 23.3 Å². The summed E-state index contributed by atoms with van der Waals surface area (Å²) in [6.45, 7) is 0. The molecule has 2 heterocycles. The van der Waals surface area contributed by atoms with Gasteiger partial charge in [0.25, 0.3) is 0 Å². The molecule has 50 heavy (non-hydrogen) atoms. The molecule has 0 spiro atoms. The summed E-state index contributed by atoms with van der Waals surface area (Å²) in [6.07, 6.45) is 0. The Hall–Kier alpha value is -6.85. The van der Waals surface area contributed by atoms with E-state index in [1.54, 1.807) is 0 Å². The van der Waals surface area contributed by atoms with Crippen LogP contribution in [0.15, 0.2) is 176 Å². The van der Waals surface area contributed by atoms with Gasteiger partial charge >= 0.3 is 0 Å². The van der Waals surface area contributed by atoms with E-state index < -0.39 is 0 Å². The van der Waals surface area contributed by atoms with E-state index in [-0.39, 0.29) is 0 Å². The van der Waals surface area contributed by atoms with Gasteiger partial charge < -0.3 is 0 Å². The quantitative estimate of drug-likeness (QED) is 0.169. The highest BCUT2D eigenvalue weighted by Gasteiger charge is 2.17. The van der Waals surface area contributed by atoms with Crippen molar-refractivity contribution in [1.82, 2.24) is 24.9 Å². The van der Waals surface area contributed by atoms with Crippen LogP contribution in [0.25, 0.3) is 89.6 Å². The number of hydrogen-bond donors (Lipinski definition) is 0. The van der Waals surface area contributed by atoms with Gasteiger partial charge in [0.05, 0.1) is 11.2 Å². The standard InChI is InChI=1S/C45H29N5/c1-5-13-30(14-6-1)31-21-24-36(25-22-31)44-48-43(35-19-11-4-12-20-35)49-45(50-44)37-26-23-32-27-28-38-40(33-15-7-2-8-16-33)46-42(34-17-9-3-10-18-34)47-41(38)39(32)29-37/h1-29H. The van der Waals surface area contributed by atoms with Gasteiger partial charge in [0.1, 0.15) is 0 Å². The van der Waals surface area contributed by atoms with E-state index in [1.807, 2.05) is 72.8 Å². The van der Waals surface area contributed by atoms with Gasteiger partial charge in [-0.1, -0.05) is 164 Å². The Bertz CT molecular complexity index is 2610.